The first kappa shape index (κ1) is 21.3. The molecule has 0 radical (unpaired) electrons. The van der Waals surface area contributed by atoms with E-state index >= 15 is 0 Å². The van der Waals surface area contributed by atoms with Crippen molar-refractivity contribution in [3.05, 3.63) is 64.4 Å². The smallest absolute Gasteiger partial charge is 0.291 e. The Bertz CT molecular complexity index is 1400. The molecule has 0 spiro atoms. The number of amides is 1. The van der Waals surface area contributed by atoms with Gasteiger partial charge in [0, 0.05) is 43.5 Å². The quantitative estimate of drug-likeness (QED) is 0.478. The van der Waals surface area contributed by atoms with Crippen molar-refractivity contribution >= 4 is 28.2 Å². The molecule has 3 aromatic heterocycles. The molecule has 1 aliphatic rings. The molecule has 1 amide bonds. The van der Waals surface area contributed by atoms with Crippen molar-refractivity contribution in [3.63, 3.8) is 0 Å². The van der Waals surface area contributed by atoms with Crippen LogP contribution in [0.1, 0.15) is 37.7 Å². The van der Waals surface area contributed by atoms with E-state index in [1.165, 1.54) is 15.9 Å². The van der Waals surface area contributed by atoms with Gasteiger partial charge in [0.25, 0.3) is 5.56 Å². The molecule has 0 saturated carbocycles. The van der Waals surface area contributed by atoms with Gasteiger partial charge in [-0.15, -0.1) is 0 Å². The van der Waals surface area contributed by atoms with Gasteiger partial charge >= 0.3 is 0 Å². The van der Waals surface area contributed by atoms with E-state index in [4.69, 9.17) is 4.42 Å². The lowest BCUT2D eigenvalue weighted by Gasteiger charge is -2.42. The Labute approximate surface area is 192 Å². The molecule has 0 N–H and O–H groups in total. The zero-order valence-electron chi connectivity index (χ0n) is 19.5. The maximum Gasteiger partial charge on any atom is 0.291 e. The van der Waals surface area contributed by atoms with Gasteiger partial charge in [-0.1, -0.05) is 19.1 Å². The van der Waals surface area contributed by atoms with Gasteiger partial charge in [-0.3, -0.25) is 14.0 Å². The summed E-state index contributed by atoms with van der Waals surface area (Å²) in [6.07, 6.45) is 2.09. The van der Waals surface area contributed by atoms with Gasteiger partial charge in [0.2, 0.25) is 5.91 Å². The highest BCUT2D eigenvalue weighted by Gasteiger charge is 2.32. The molecule has 5 rings (SSSR count). The Hall–Kier alpha value is -3.55. The van der Waals surface area contributed by atoms with Gasteiger partial charge < -0.3 is 14.2 Å². The third-order valence-electron chi connectivity index (χ3n) is 6.67. The number of fused-ring (bicyclic) bond motifs is 3. The number of aryl methyl sites for hydroxylation is 2. The number of carbonyl (C=O) groups excluding carboxylic acids is 1. The van der Waals surface area contributed by atoms with Gasteiger partial charge in [-0.25, -0.2) is 4.68 Å². The average Bonchev–Trinajstić information content (AvgIpc) is 3.39. The molecule has 172 valence electrons. The lowest BCUT2D eigenvalue weighted by molar-refractivity contribution is -0.136. The summed E-state index contributed by atoms with van der Waals surface area (Å²) in [5.41, 5.74) is 4.03. The SMILES string of the molecule is CC[C@H](C(=O)N1CCN(c2cccc(C)c2)[C@@H](C)C1)n1nc(C)n2c(cc3occc32)c1=O. The fourth-order valence-corrected chi connectivity index (χ4v) is 5.02. The second-order valence-electron chi connectivity index (χ2n) is 8.92. The number of aromatic nitrogens is 3. The summed E-state index contributed by atoms with van der Waals surface area (Å²) in [6.45, 7) is 9.97. The highest BCUT2D eigenvalue weighted by atomic mass is 16.3. The molecule has 4 heterocycles. The average molecular weight is 448 g/mol. The fourth-order valence-electron chi connectivity index (χ4n) is 5.02. The highest BCUT2D eigenvalue weighted by Crippen LogP contribution is 2.25. The molecule has 1 fully saturated rings. The van der Waals surface area contributed by atoms with E-state index < -0.39 is 6.04 Å². The topological polar surface area (TPSA) is 76.0 Å². The van der Waals surface area contributed by atoms with E-state index in [0.29, 0.717) is 36.4 Å². The molecule has 0 aliphatic carbocycles. The predicted octanol–water partition coefficient (Wildman–Crippen LogP) is 3.55. The zero-order chi connectivity index (χ0) is 23.3. The van der Waals surface area contributed by atoms with Crippen LogP contribution in [0.2, 0.25) is 0 Å². The Morgan fingerprint density at radius 2 is 2.00 bits per heavy atom. The van der Waals surface area contributed by atoms with Gasteiger partial charge in [0.15, 0.2) is 5.58 Å². The number of piperazine rings is 1. The van der Waals surface area contributed by atoms with Crippen LogP contribution in [-0.4, -0.2) is 50.7 Å². The van der Waals surface area contributed by atoms with Gasteiger partial charge in [-0.2, -0.15) is 5.10 Å². The Kier molecular flexibility index (Phi) is 5.23. The molecule has 2 atom stereocenters. The number of hydrogen-bond donors (Lipinski definition) is 0. The predicted molar refractivity (Wildman–Crippen MR) is 128 cm³/mol. The van der Waals surface area contributed by atoms with Crippen molar-refractivity contribution in [1.82, 2.24) is 19.1 Å². The number of carbonyl (C=O) groups is 1. The van der Waals surface area contributed by atoms with E-state index in [-0.39, 0.29) is 17.5 Å². The Balaban J connectivity index is 1.43. The summed E-state index contributed by atoms with van der Waals surface area (Å²) in [7, 11) is 0. The second kappa shape index (κ2) is 8.10. The van der Waals surface area contributed by atoms with E-state index in [1.807, 2.05) is 24.8 Å². The number of benzene rings is 1. The van der Waals surface area contributed by atoms with Crippen LogP contribution >= 0.6 is 0 Å². The van der Waals surface area contributed by atoms with E-state index in [2.05, 4.69) is 48.1 Å². The number of nitrogens with zero attached hydrogens (tertiary/aromatic N) is 5. The number of rotatable bonds is 4. The van der Waals surface area contributed by atoms with Crippen molar-refractivity contribution in [1.29, 1.82) is 0 Å². The molecule has 33 heavy (non-hydrogen) atoms. The number of furan rings is 1. The third-order valence-corrected chi connectivity index (χ3v) is 6.67. The van der Waals surface area contributed by atoms with Crippen molar-refractivity contribution in [2.45, 2.75) is 46.2 Å². The van der Waals surface area contributed by atoms with Crippen LogP contribution in [0.15, 0.2) is 51.9 Å². The summed E-state index contributed by atoms with van der Waals surface area (Å²) in [6, 6.07) is 11.5. The van der Waals surface area contributed by atoms with Crippen LogP contribution in [0.25, 0.3) is 16.6 Å². The van der Waals surface area contributed by atoms with Crippen molar-refractivity contribution in [2.24, 2.45) is 0 Å². The maximum atomic E-state index is 13.6. The Morgan fingerprint density at radius 1 is 1.18 bits per heavy atom. The van der Waals surface area contributed by atoms with Crippen LogP contribution in [0.3, 0.4) is 0 Å². The summed E-state index contributed by atoms with van der Waals surface area (Å²) in [4.78, 5) is 31.1. The van der Waals surface area contributed by atoms with Crippen molar-refractivity contribution < 1.29 is 9.21 Å². The molecule has 8 heteroatoms. The van der Waals surface area contributed by atoms with Crippen LogP contribution in [0.4, 0.5) is 5.69 Å². The molecule has 0 unspecified atom stereocenters. The summed E-state index contributed by atoms with van der Waals surface area (Å²) in [5.74, 6) is 0.590. The normalized spacial score (nSPS) is 17.8. The minimum Gasteiger partial charge on any atom is -0.463 e. The first-order valence-corrected chi connectivity index (χ1v) is 11.5. The minimum absolute atomic E-state index is 0.0539. The second-order valence-corrected chi connectivity index (χ2v) is 8.92. The molecule has 1 aromatic carbocycles. The third kappa shape index (κ3) is 3.50. The van der Waals surface area contributed by atoms with Crippen LogP contribution in [0.5, 0.6) is 0 Å². The molecule has 4 aromatic rings. The molecular weight excluding hydrogens is 418 g/mol. The van der Waals surface area contributed by atoms with Crippen LogP contribution in [-0.2, 0) is 4.79 Å². The van der Waals surface area contributed by atoms with Crippen molar-refractivity contribution in [2.75, 3.05) is 24.5 Å². The lowest BCUT2D eigenvalue weighted by atomic mass is 10.1. The first-order chi connectivity index (χ1) is 15.9. The van der Waals surface area contributed by atoms with E-state index in [1.54, 1.807) is 16.7 Å². The summed E-state index contributed by atoms with van der Waals surface area (Å²) >= 11 is 0. The van der Waals surface area contributed by atoms with Crippen molar-refractivity contribution in [3.8, 4) is 0 Å². The lowest BCUT2D eigenvalue weighted by Crippen LogP contribution is -2.55. The monoisotopic (exact) mass is 447 g/mol. The van der Waals surface area contributed by atoms with E-state index in [0.717, 1.165) is 12.1 Å². The van der Waals surface area contributed by atoms with Gasteiger partial charge in [0.1, 0.15) is 17.4 Å². The molecular formula is C25H29N5O3. The molecule has 8 nitrogen and oxygen atoms in total. The first-order valence-electron chi connectivity index (χ1n) is 11.5. The largest absolute Gasteiger partial charge is 0.463 e. The van der Waals surface area contributed by atoms with Gasteiger partial charge in [0.05, 0.1) is 11.8 Å². The maximum absolute atomic E-state index is 13.6. The summed E-state index contributed by atoms with van der Waals surface area (Å²) in [5, 5.41) is 4.55. The zero-order valence-corrected chi connectivity index (χ0v) is 19.5. The highest BCUT2D eigenvalue weighted by molar-refractivity contribution is 5.83. The fraction of sp³-hybridized carbons (Fsp3) is 0.400. The molecule has 1 aliphatic heterocycles. The number of anilines is 1. The van der Waals surface area contributed by atoms with Crippen LogP contribution in [0, 0.1) is 13.8 Å². The Morgan fingerprint density at radius 3 is 2.73 bits per heavy atom. The molecule has 1 saturated heterocycles. The molecule has 0 bridgehead atoms. The van der Waals surface area contributed by atoms with Gasteiger partial charge in [-0.05, 0) is 44.9 Å². The summed E-state index contributed by atoms with van der Waals surface area (Å²) < 4.78 is 8.63. The minimum atomic E-state index is -0.639. The standard InChI is InChI=1S/C25H29N5O3/c1-5-20(30-25(32)22-14-23-21(9-12-33-23)29(22)18(4)26-30)24(31)27-10-11-28(17(3)15-27)19-8-6-7-16(2)13-19/h6-9,12-14,17,20H,5,10-11,15H2,1-4H3/t17-,20+/m0/s1. The van der Waals surface area contributed by atoms with Crippen LogP contribution < -0.4 is 10.5 Å². The number of hydrogen-bond acceptors (Lipinski definition) is 5. The van der Waals surface area contributed by atoms with E-state index in [9.17, 15) is 9.59 Å².